The largest absolute Gasteiger partial charge is 0.397 e. The van der Waals surface area contributed by atoms with E-state index in [1.54, 1.807) is 6.07 Å². The van der Waals surface area contributed by atoms with Crippen molar-refractivity contribution in [1.29, 1.82) is 5.26 Å². The molecule has 0 aliphatic heterocycles. The van der Waals surface area contributed by atoms with Gasteiger partial charge in [-0.15, -0.1) is 0 Å². The zero-order valence-corrected chi connectivity index (χ0v) is 10.7. The normalized spacial score (nSPS) is 9.93. The second-order valence-electron chi connectivity index (χ2n) is 2.89. The predicted molar refractivity (Wildman–Crippen MR) is 66.4 cm³/mol. The van der Waals surface area contributed by atoms with Crippen LogP contribution in [0.5, 0.6) is 0 Å². The van der Waals surface area contributed by atoms with Crippen molar-refractivity contribution in [2.24, 2.45) is 0 Å². The molecule has 0 bridgehead atoms. The van der Waals surface area contributed by atoms with Gasteiger partial charge in [0.05, 0.1) is 17.9 Å². The fourth-order valence-corrected chi connectivity index (χ4v) is 1.91. The summed E-state index contributed by atoms with van der Waals surface area (Å²) in [6.07, 6.45) is 2.65. The van der Waals surface area contributed by atoms with Crippen LogP contribution in [0.3, 0.4) is 0 Å². The fourth-order valence-electron chi connectivity index (χ4n) is 1.15. The van der Waals surface area contributed by atoms with E-state index in [9.17, 15) is 0 Å². The Bertz CT molecular complexity index is 390. The summed E-state index contributed by atoms with van der Waals surface area (Å²) >= 11 is 4.66. The highest BCUT2D eigenvalue weighted by atomic mass is 79.9. The van der Waals surface area contributed by atoms with Crippen LogP contribution in [-0.4, -0.2) is 12.9 Å². The van der Waals surface area contributed by atoms with Crippen molar-refractivity contribution in [3.8, 4) is 6.07 Å². The molecule has 0 spiro atoms. The average molecular weight is 287 g/mol. The number of hydrogen-bond acceptors (Lipinski definition) is 4. The van der Waals surface area contributed by atoms with Crippen LogP contribution < -0.4 is 5.73 Å². The van der Waals surface area contributed by atoms with Crippen LogP contribution in [0.2, 0.25) is 0 Å². The molecule has 0 aliphatic rings. The Morgan fingerprint density at radius 1 is 1.60 bits per heavy atom. The molecule has 0 aliphatic carbocycles. The minimum atomic E-state index is 0.493. The van der Waals surface area contributed by atoms with Crippen LogP contribution in [0.25, 0.3) is 0 Å². The monoisotopic (exact) mass is 286 g/mol. The van der Waals surface area contributed by atoms with E-state index in [1.807, 2.05) is 12.3 Å². The summed E-state index contributed by atoms with van der Waals surface area (Å²) in [6, 6.07) is 5.78. The standard InChI is InChI=1S/C10H11BrN2OS/c1-15-14-3-2-7-4-8(6-12)10(13)9(11)5-7/h4-5H,2-3,13H2,1H3. The van der Waals surface area contributed by atoms with E-state index < -0.39 is 0 Å². The number of nitrogen functional groups attached to an aromatic ring is 1. The number of benzene rings is 1. The minimum Gasteiger partial charge on any atom is -0.397 e. The zero-order valence-electron chi connectivity index (χ0n) is 8.29. The lowest BCUT2D eigenvalue weighted by molar-refractivity contribution is 0.381. The third-order valence-electron chi connectivity index (χ3n) is 1.90. The van der Waals surface area contributed by atoms with E-state index in [1.165, 1.54) is 12.0 Å². The molecule has 2 N–H and O–H groups in total. The zero-order chi connectivity index (χ0) is 11.3. The Hall–Kier alpha value is -0.700. The third-order valence-corrected chi connectivity index (χ3v) is 2.96. The molecule has 0 saturated carbocycles. The first-order chi connectivity index (χ1) is 7.19. The van der Waals surface area contributed by atoms with Crippen LogP contribution in [-0.2, 0) is 10.6 Å². The Labute approximate surface area is 102 Å². The molecule has 0 atom stereocenters. The molecule has 1 aromatic rings. The maximum Gasteiger partial charge on any atom is 0.101 e. The van der Waals surface area contributed by atoms with Gasteiger partial charge in [0.15, 0.2) is 0 Å². The molecule has 3 nitrogen and oxygen atoms in total. The van der Waals surface area contributed by atoms with Crippen molar-refractivity contribution in [2.75, 3.05) is 18.6 Å². The maximum absolute atomic E-state index is 8.85. The fraction of sp³-hybridized carbons (Fsp3) is 0.300. The van der Waals surface area contributed by atoms with Gasteiger partial charge in [-0.1, -0.05) is 0 Å². The van der Waals surface area contributed by atoms with Crippen molar-refractivity contribution < 1.29 is 4.18 Å². The number of rotatable bonds is 4. The van der Waals surface area contributed by atoms with Gasteiger partial charge in [0, 0.05) is 10.7 Å². The second kappa shape index (κ2) is 6.01. The highest BCUT2D eigenvalue weighted by Gasteiger charge is 2.05. The molecule has 0 radical (unpaired) electrons. The topological polar surface area (TPSA) is 59.0 Å². The molecule has 0 heterocycles. The quantitative estimate of drug-likeness (QED) is 0.525. The summed E-state index contributed by atoms with van der Waals surface area (Å²) in [7, 11) is 0. The number of anilines is 1. The second-order valence-corrected chi connectivity index (χ2v) is 4.31. The van der Waals surface area contributed by atoms with Crippen molar-refractivity contribution in [1.82, 2.24) is 0 Å². The minimum absolute atomic E-state index is 0.493. The number of nitrogens with two attached hydrogens (primary N) is 1. The summed E-state index contributed by atoms with van der Waals surface area (Å²) in [5.41, 5.74) is 7.75. The molecule has 15 heavy (non-hydrogen) atoms. The highest BCUT2D eigenvalue weighted by Crippen LogP contribution is 2.25. The van der Waals surface area contributed by atoms with Gasteiger partial charge in [-0.2, -0.15) is 5.26 Å². The first kappa shape index (κ1) is 12.4. The lowest BCUT2D eigenvalue weighted by Gasteiger charge is -2.06. The van der Waals surface area contributed by atoms with Gasteiger partial charge in [0.2, 0.25) is 0 Å². The van der Waals surface area contributed by atoms with Gasteiger partial charge in [-0.05, 0) is 52.1 Å². The van der Waals surface area contributed by atoms with Crippen LogP contribution in [0.1, 0.15) is 11.1 Å². The molecular formula is C10H11BrN2OS. The Morgan fingerprint density at radius 3 is 2.93 bits per heavy atom. The van der Waals surface area contributed by atoms with Gasteiger partial charge in [0.1, 0.15) is 6.07 Å². The van der Waals surface area contributed by atoms with E-state index in [2.05, 4.69) is 22.0 Å². The molecule has 0 saturated heterocycles. The molecule has 1 aromatic carbocycles. The van der Waals surface area contributed by atoms with E-state index in [0.717, 1.165) is 16.5 Å². The number of nitrogens with zero attached hydrogens (tertiary/aromatic N) is 1. The Morgan fingerprint density at radius 2 is 2.33 bits per heavy atom. The lowest BCUT2D eigenvalue weighted by atomic mass is 10.1. The van der Waals surface area contributed by atoms with Crippen molar-refractivity contribution >= 4 is 33.7 Å². The predicted octanol–water partition coefficient (Wildman–Crippen LogP) is 2.74. The first-order valence-corrected chi connectivity index (χ1v) is 6.27. The molecule has 5 heteroatoms. The molecule has 0 amide bonds. The summed E-state index contributed by atoms with van der Waals surface area (Å²) in [5, 5.41) is 8.85. The first-order valence-electron chi connectivity index (χ1n) is 4.32. The van der Waals surface area contributed by atoms with Gasteiger partial charge >= 0.3 is 0 Å². The molecule has 80 valence electrons. The average Bonchev–Trinajstić information content (AvgIpc) is 2.23. The number of halogens is 1. The van der Waals surface area contributed by atoms with Crippen LogP contribution in [0.15, 0.2) is 16.6 Å². The number of hydrogen-bond donors (Lipinski definition) is 1. The van der Waals surface area contributed by atoms with E-state index in [4.69, 9.17) is 15.2 Å². The van der Waals surface area contributed by atoms with Gasteiger partial charge in [0.25, 0.3) is 0 Å². The Kier molecular flexibility index (Phi) is 4.95. The number of nitriles is 1. The smallest absolute Gasteiger partial charge is 0.101 e. The van der Waals surface area contributed by atoms with Gasteiger partial charge in [-0.25, -0.2) is 0 Å². The maximum atomic E-state index is 8.85. The van der Waals surface area contributed by atoms with Gasteiger partial charge in [-0.3, -0.25) is 0 Å². The summed E-state index contributed by atoms with van der Waals surface area (Å²) < 4.78 is 5.93. The third kappa shape index (κ3) is 3.42. The Balaban J connectivity index is 2.83. The van der Waals surface area contributed by atoms with Crippen LogP contribution in [0, 0.1) is 11.3 Å². The SMILES string of the molecule is CSOCCc1cc(Br)c(N)c(C#N)c1. The van der Waals surface area contributed by atoms with Gasteiger partial charge < -0.3 is 9.92 Å². The molecule has 0 fully saturated rings. The van der Waals surface area contributed by atoms with Crippen molar-refractivity contribution in [2.45, 2.75) is 6.42 Å². The summed E-state index contributed by atoms with van der Waals surface area (Å²) in [4.78, 5) is 0. The van der Waals surface area contributed by atoms with Crippen LogP contribution >= 0.6 is 28.0 Å². The molecule has 1 rings (SSSR count). The molecular weight excluding hydrogens is 276 g/mol. The summed E-state index contributed by atoms with van der Waals surface area (Å²) in [5.74, 6) is 0. The van der Waals surface area contributed by atoms with Crippen LogP contribution in [0.4, 0.5) is 5.69 Å². The van der Waals surface area contributed by atoms with Crippen molar-refractivity contribution in [3.05, 3.63) is 27.7 Å². The van der Waals surface area contributed by atoms with Crippen molar-refractivity contribution in [3.63, 3.8) is 0 Å². The van der Waals surface area contributed by atoms with E-state index in [-0.39, 0.29) is 0 Å². The molecule has 0 unspecified atom stereocenters. The lowest BCUT2D eigenvalue weighted by Crippen LogP contribution is -1.98. The highest BCUT2D eigenvalue weighted by molar-refractivity contribution is 9.10. The van der Waals surface area contributed by atoms with E-state index in [0.29, 0.717) is 17.9 Å². The van der Waals surface area contributed by atoms with E-state index >= 15 is 0 Å². The molecule has 0 aromatic heterocycles. The summed E-state index contributed by atoms with van der Waals surface area (Å²) in [6.45, 7) is 0.627.